The summed E-state index contributed by atoms with van der Waals surface area (Å²) in [5, 5.41) is 2.91. The van der Waals surface area contributed by atoms with Gasteiger partial charge in [0.15, 0.2) is 0 Å². The van der Waals surface area contributed by atoms with Crippen LogP contribution in [0.4, 0.5) is 0 Å². The van der Waals surface area contributed by atoms with Crippen molar-refractivity contribution in [2.24, 2.45) is 0 Å². The van der Waals surface area contributed by atoms with Gasteiger partial charge >= 0.3 is 0 Å². The van der Waals surface area contributed by atoms with Crippen LogP contribution >= 0.6 is 0 Å². The molecule has 1 amide bonds. The summed E-state index contributed by atoms with van der Waals surface area (Å²) in [6.07, 6.45) is 4.37. The van der Waals surface area contributed by atoms with Crippen LogP contribution in [0.3, 0.4) is 0 Å². The normalized spacial score (nSPS) is 10.1. The molecular weight excluding hydrogens is 198 g/mol. The largest absolute Gasteiger partial charge is 0.352 e. The van der Waals surface area contributed by atoms with E-state index in [-0.39, 0.29) is 5.91 Å². The second-order valence-corrected chi connectivity index (χ2v) is 4.06. The smallest absolute Gasteiger partial charge is 0.251 e. The van der Waals surface area contributed by atoms with Crippen LogP contribution in [0.1, 0.15) is 49.0 Å². The molecule has 0 aliphatic heterocycles. The molecule has 0 bridgehead atoms. The lowest BCUT2D eigenvalue weighted by Gasteiger charge is -2.05. The molecule has 0 saturated heterocycles. The van der Waals surface area contributed by atoms with Crippen molar-refractivity contribution < 1.29 is 4.79 Å². The highest BCUT2D eigenvalue weighted by atomic mass is 16.1. The zero-order valence-corrected chi connectivity index (χ0v) is 10.3. The molecule has 16 heavy (non-hydrogen) atoms. The minimum atomic E-state index is 0.0384. The van der Waals surface area contributed by atoms with Crippen LogP contribution in [-0.4, -0.2) is 12.5 Å². The van der Waals surface area contributed by atoms with E-state index in [2.05, 4.69) is 19.2 Å². The summed E-state index contributed by atoms with van der Waals surface area (Å²) in [6.45, 7) is 5.04. The van der Waals surface area contributed by atoms with Gasteiger partial charge in [-0.15, -0.1) is 0 Å². The Balaban J connectivity index is 2.49. The summed E-state index contributed by atoms with van der Waals surface area (Å²) in [5.74, 6) is 0.0384. The van der Waals surface area contributed by atoms with Gasteiger partial charge in [0.05, 0.1) is 0 Å². The molecule has 1 N–H and O–H groups in total. The summed E-state index contributed by atoms with van der Waals surface area (Å²) in [4.78, 5) is 11.7. The predicted molar refractivity (Wildman–Crippen MR) is 67.7 cm³/mol. The van der Waals surface area contributed by atoms with Crippen LogP contribution in [0.15, 0.2) is 24.3 Å². The third kappa shape index (κ3) is 4.05. The van der Waals surface area contributed by atoms with E-state index in [1.54, 1.807) is 0 Å². The minimum absolute atomic E-state index is 0.0384. The maximum Gasteiger partial charge on any atom is 0.251 e. The highest BCUT2D eigenvalue weighted by Crippen LogP contribution is 2.06. The molecule has 0 atom stereocenters. The van der Waals surface area contributed by atoms with Crippen LogP contribution < -0.4 is 5.32 Å². The van der Waals surface area contributed by atoms with Gasteiger partial charge in [-0.05, 0) is 30.5 Å². The summed E-state index contributed by atoms with van der Waals surface area (Å²) >= 11 is 0. The van der Waals surface area contributed by atoms with E-state index in [9.17, 15) is 4.79 Å². The third-order valence-electron chi connectivity index (χ3n) is 2.57. The molecule has 0 saturated carbocycles. The van der Waals surface area contributed by atoms with Crippen molar-refractivity contribution in [3.05, 3.63) is 35.4 Å². The molecule has 0 aliphatic carbocycles. The first-order valence-corrected chi connectivity index (χ1v) is 6.15. The zero-order valence-electron chi connectivity index (χ0n) is 10.3. The van der Waals surface area contributed by atoms with Gasteiger partial charge < -0.3 is 5.32 Å². The van der Waals surface area contributed by atoms with E-state index < -0.39 is 0 Å². The van der Waals surface area contributed by atoms with Gasteiger partial charge in [-0.2, -0.15) is 0 Å². The second-order valence-electron chi connectivity index (χ2n) is 4.06. The van der Waals surface area contributed by atoms with Gasteiger partial charge in [-0.1, -0.05) is 38.8 Å². The number of carbonyl (C=O) groups is 1. The molecule has 0 spiro atoms. The molecule has 0 unspecified atom stereocenters. The molecule has 88 valence electrons. The summed E-state index contributed by atoms with van der Waals surface area (Å²) in [5.41, 5.74) is 2.06. The summed E-state index contributed by atoms with van der Waals surface area (Å²) in [7, 11) is 0. The Labute approximate surface area is 98.1 Å². The van der Waals surface area contributed by atoms with E-state index >= 15 is 0 Å². The number of hydrogen-bond acceptors (Lipinski definition) is 1. The lowest BCUT2D eigenvalue weighted by Crippen LogP contribution is -2.24. The summed E-state index contributed by atoms with van der Waals surface area (Å²) < 4.78 is 0. The minimum Gasteiger partial charge on any atom is -0.352 e. The fourth-order valence-corrected chi connectivity index (χ4v) is 1.59. The monoisotopic (exact) mass is 219 g/mol. The number of carbonyl (C=O) groups excluding carboxylic acids is 1. The highest BCUT2D eigenvalue weighted by Gasteiger charge is 2.03. The van der Waals surface area contributed by atoms with Gasteiger partial charge in [0.2, 0.25) is 0 Å². The molecule has 2 nitrogen and oxygen atoms in total. The van der Waals surface area contributed by atoms with Crippen LogP contribution in [0.25, 0.3) is 0 Å². The molecule has 0 radical (unpaired) electrons. The predicted octanol–water partition coefficient (Wildman–Crippen LogP) is 3.17. The maximum atomic E-state index is 11.7. The quantitative estimate of drug-likeness (QED) is 0.731. The Morgan fingerprint density at radius 2 is 1.81 bits per heavy atom. The van der Waals surface area contributed by atoms with Crippen molar-refractivity contribution in [3.8, 4) is 0 Å². The number of nitrogens with one attached hydrogen (secondary N) is 1. The first kappa shape index (κ1) is 12.8. The Hall–Kier alpha value is -1.31. The molecular formula is C14H21NO. The topological polar surface area (TPSA) is 29.1 Å². The molecule has 1 aromatic rings. The first-order chi connectivity index (χ1) is 7.77. The molecule has 0 aromatic heterocycles. The number of aryl methyl sites for hydroxylation is 1. The van der Waals surface area contributed by atoms with Crippen LogP contribution in [0, 0.1) is 0 Å². The van der Waals surface area contributed by atoms with Gasteiger partial charge in [0, 0.05) is 12.1 Å². The van der Waals surface area contributed by atoms with Gasteiger partial charge in [-0.3, -0.25) is 4.79 Å². The van der Waals surface area contributed by atoms with Crippen LogP contribution in [-0.2, 0) is 6.42 Å². The van der Waals surface area contributed by atoms with Crippen molar-refractivity contribution in [1.82, 2.24) is 5.32 Å². The fourth-order valence-electron chi connectivity index (χ4n) is 1.59. The number of rotatable bonds is 6. The Morgan fingerprint density at radius 3 is 2.38 bits per heavy atom. The number of hydrogen-bond donors (Lipinski definition) is 1. The molecule has 1 rings (SSSR count). The average Bonchev–Trinajstić information content (AvgIpc) is 2.30. The van der Waals surface area contributed by atoms with Crippen molar-refractivity contribution in [2.75, 3.05) is 6.54 Å². The van der Waals surface area contributed by atoms with Crippen molar-refractivity contribution >= 4 is 5.91 Å². The molecule has 1 aromatic carbocycles. The zero-order chi connectivity index (χ0) is 11.8. The average molecular weight is 219 g/mol. The van der Waals surface area contributed by atoms with Gasteiger partial charge in [0.1, 0.15) is 0 Å². The number of unbranched alkanes of at least 4 members (excludes halogenated alkanes) is 1. The third-order valence-corrected chi connectivity index (χ3v) is 2.57. The van der Waals surface area contributed by atoms with Gasteiger partial charge in [0.25, 0.3) is 5.91 Å². The molecule has 0 fully saturated rings. The highest BCUT2D eigenvalue weighted by molar-refractivity contribution is 5.94. The van der Waals surface area contributed by atoms with Crippen molar-refractivity contribution in [3.63, 3.8) is 0 Å². The van der Waals surface area contributed by atoms with Gasteiger partial charge in [-0.25, -0.2) is 0 Å². The lowest BCUT2D eigenvalue weighted by atomic mass is 10.1. The molecule has 0 aliphatic rings. The number of amides is 1. The lowest BCUT2D eigenvalue weighted by molar-refractivity contribution is 0.0953. The van der Waals surface area contributed by atoms with Crippen LogP contribution in [0.5, 0.6) is 0 Å². The SMILES string of the molecule is CCCCNC(=O)c1ccc(CCC)cc1. The van der Waals surface area contributed by atoms with E-state index in [4.69, 9.17) is 0 Å². The standard InChI is InChI=1S/C14H21NO/c1-3-5-11-15-14(16)13-9-7-12(6-4-2)8-10-13/h7-10H,3-6,11H2,1-2H3,(H,15,16). The fraction of sp³-hybridized carbons (Fsp3) is 0.500. The van der Waals surface area contributed by atoms with Crippen LogP contribution in [0.2, 0.25) is 0 Å². The van der Waals surface area contributed by atoms with E-state index in [0.29, 0.717) is 0 Å². The van der Waals surface area contributed by atoms with E-state index in [1.807, 2.05) is 24.3 Å². The first-order valence-electron chi connectivity index (χ1n) is 6.15. The second kappa shape index (κ2) is 7.04. The Morgan fingerprint density at radius 1 is 1.12 bits per heavy atom. The van der Waals surface area contributed by atoms with Crippen molar-refractivity contribution in [1.29, 1.82) is 0 Å². The Bertz CT molecular complexity index is 316. The molecule has 0 heterocycles. The maximum absolute atomic E-state index is 11.7. The van der Waals surface area contributed by atoms with E-state index in [1.165, 1.54) is 5.56 Å². The van der Waals surface area contributed by atoms with E-state index in [0.717, 1.165) is 37.8 Å². The van der Waals surface area contributed by atoms with Crippen molar-refractivity contribution in [2.45, 2.75) is 39.5 Å². The Kier molecular flexibility index (Phi) is 5.62. The summed E-state index contributed by atoms with van der Waals surface area (Å²) in [6, 6.07) is 7.90. The number of benzene rings is 1. The molecule has 2 heteroatoms.